The van der Waals surface area contributed by atoms with Crippen LogP contribution in [0.4, 0.5) is 5.00 Å². The second kappa shape index (κ2) is 7.98. The molecular weight excluding hydrogens is 438 g/mol. The number of hydrogen-bond donors (Lipinski definition) is 1. The molecule has 3 aromatic heterocycles. The van der Waals surface area contributed by atoms with Gasteiger partial charge >= 0.3 is 0 Å². The summed E-state index contributed by atoms with van der Waals surface area (Å²) in [5.74, 6) is 0.282. The van der Waals surface area contributed by atoms with E-state index in [1.807, 2.05) is 66.7 Å². The number of halogens is 1. The Labute approximate surface area is 184 Å². The van der Waals surface area contributed by atoms with Crippen molar-refractivity contribution >= 4 is 50.1 Å². The SMILES string of the molecule is O=C(CCl)Nc1cc(-c2ccccc2)c(-c2nnc3sc(-c4ccccc4)nn23)s1. The maximum Gasteiger partial charge on any atom is 0.239 e. The molecule has 0 saturated heterocycles. The number of hydrogen-bond acceptors (Lipinski definition) is 6. The van der Waals surface area contributed by atoms with Crippen molar-refractivity contribution in [2.24, 2.45) is 0 Å². The number of fused-ring (bicyclic) bond motifs is 1. The first kappa shape index (κ1) is 18.9. The average molecular weight is 452 g/mol. The minimum atomic E-state index is -0.254. The quantitative estimate of drug-likeness (QED) is 0.362. The van der Waals surface area contributed by atoms with Crippen LogP contribution < -0.4 is 5.32 Å². The van der Waals surface area contributed by atoms with Crippen molar-refractivity contribution < 1.29 is 4.79 Å². The van der Waals surface area contributed by atoms with Crippen LogP contribution in [0.15, 0.2) is 66.7 Å². The molecule has 0 aliphatic carbocycles. The summed E-state index contributed by atoms with van der Waals surface area (Å²) in [6, 6.07) is 21.9. The first-order chi connectivity index (χ1) is 14.7. The van der Waals surface area contributed by atoms with E-state index in [1.54, 1.807) is 4.52 Å². The van der Waals surface area contributed by atoms with Crippen LogP contribution in [0.25, 0.3) is 37.4 Å². The highest BCUT2D eigenvalue weighted by atomic mass is 35.5. The van der Waals surface area contributed by atoms with E-state index in [0.29, 0.717) is 15.8 Å². The molecule has 6 nitrogen and oxygen atoms in total. The zero-order valence-corrected chi connectivity index (χ0v) is 17.8. The normalized spacial score (nSPS) is 11.1. The Morgan fingerprint density at radius 2 is 1.67 bits per heavy atom. The molecule has 0 atom stereocenters. The van der Waals surface area contributed by atoms with E-state index < -0.39 is 0 Å². The van der Waals surface area contributed by atoms with Gasteiger partial charge in [-0.3, -0.25) is 4.79 Å². The minimum Gasteiger partial charge on any atom is -0.317 e. The molecule has 148 valence electrons. The van der Waals surface area contributed by atoms with Crippen LogP contribution in [0.5, 0.6) is 0 Å². The third-order valence-electron chi connectivity index (χ3n) is 4.42. The molecule has 0 fully saturated rings. The molecule has 2 aromatic carbocycles. The number of nitrogens with zero attached hydrogens (tertiary/aromatic N) is 4. The highest BCUT2D eigenvalue weighted by molar-refractivity contribution is 7.20. The summed E-state index contributed by atoms with van der Waals surface area (Å²) >= 11 is 8.57. The zero-order chi connectivity index (χ0) is 20.5. The molecule has 0 radical (unpaired) electrons. The van der Waals surface area contributed by atoms with Gasteiger partial charge in [-0.05, 0) is 11.6 Å². The largest absolute Gasteiger partial charge is 0.317 e. The summed E-state index contributed by atoms with van der Waals surface area (Å²) < 4.78 is 1.76. The fourth-order valence-corrected chi connectivity index (χ4v) is 5.06. The Bertz CT molecular complexity index is 1330. The zero-order valence-electron chi connectivity index (χ0n) is 15.4. The summed E-state index contributed by atoms with van der Waals surface area (Å²) in [6.07, 6.45) is 0. The third kappa shape index (κ3) is 3.49. The summed E-state index contributed by atoms with van der Waals surface area (Å²) in [7, 11) is 0. The Kier molecular flexibility index (Phi) is 5.04. The topological polar surface area (TPSA) is 72.2 Å². The Morgan fingerprint density at radius 3 is 2.37 bits per heavy atom. The number of aromatic nitrogens is 4. The van der Waals surface area contributed by atoms with Gasteiger partial charge < -0.3 is 5.32 Å². The van der Waals surface area contributed by atoms with Crippen molar-refractivity contribution in [3.8, 4) is 32.4 Å². The predicted molar refractivity (Wildman–Crippen MR) is 122 cm³/mol. The van der Waals surface area contributed by atoms with Crippen molar-refractivity contribution in [3.63, 3.8) is 0 Å². The lowest BCUT2D eigenvalue weighted by Crippen LogP contribution is -2.11. The van der Waals surface area contributed by atoms with Gasteiger partial charge in [0.2, 0.25) is 10.9 Å². The van der Waals surface area contributed by atoms with E-state index in [4.69, 9.17) is 16.7 Å². The Balaban J connectivity index is 1.65. The molecule has 0 bridgehead atoms. The third-order valence-corrected chi connectivity index (χ3v) is 6.65. The predicted octanol–water partition coefficient (Wildman–Crippen LogP) is 5.43. The first-order valence-electron chi connectivity index (χ1n) is 9.06. The van der Waals surface area contributed by atoms with Crippen LogP contribution >= 0.6 is 34.3 Å². The van der Waals surface area contributed by atoms with E-state index >= 15 is 0 Å². The number of thiophene rings is 1. The maximum atomic E-state index is 11.8. The van der Waals surface area contributed by atoms with E-state index in [1.165, 1.54) is 22.7 Å². The molecule has 5 rings (SSSR count). The van der Waals surface area contributed by atoms with E-state index in [-0.39, 0.29) is 11.8 Å². The van der Waals surface area contributed by atoms with Crippen LogP contribution in [0.2, 0.25) is 0 Å². The smallest absolute Gasteiger partial charge is 0.239 e. The highest BCUT2D eigenvalue weighted by Gasteiger charge is 2.21. The van der Waals surface area contributed by atoms with Gasteiger partial charge in [-0.15, -0.1) is 33.1 Å². The molecule has 1 amide bonds. The molecule has 0 spiro atoms. The van der Waals surface area contributed by atoms with Gasteiger partial charge in [0.05, 0.1) is 9.88 Å². The van der Waals surface area contributed by atoms with Crippen LogP contribution in [-0.2, 0) is 4.79 Å². The monoisotopic (exact) mass is 451 g/mol. The molecule has 0 saturated carbocycles. The number of carbonyl (C=O) groups is 1. The van der Waals surface area contributed by atoms with Gasteiger partial charge in [0.25, 0.3) is 0 Å². The van der Waals surface area contributed by atoms with Crippen molar-refractivity contribution in [1.29, 1.82) is 0 Å². The molecule has 0 unspecified atom stereocenters. The fourth-order valence-electron chi connectivity index (χ4n) is 3.08. The lowest BCUT2D eigenvalue weighted by atomic mass is 10.1. The molecule has 1 N–H and O–H groups in total. The lowest BCUT2D eigenvalue weighted by Gasteiger charge is -2.01. The number of rotatable bonds is 5. The number of carbonyl (C=O) groups excluding carboxylic acids is 1. The molecular formula is C21H14ClN5OS2. The Morgan fingerprint density at radius 1 is 0.967 bits per heavy atom. The molecule has 30 heavy (non-hydrogen) atoms. The summed E-state index contributed by atoms with van der Waals surface area (Å²) in [4.78, 5) is 13.4. The lowest BCUT2D eigenvalue weighted by molar-refractivity contribution is -0.113. The maximum absolute atomic E-state index is 11.8. The minimum absolute atomic E-state index is 0.102. The standard InChI is InChI=1S/C21H14ClN5OS2/c22-12-16(28)23-17-11-15(13-7-3-1-4-8-13)18(29-17)19-24-25-21-27(19)26-20(30-21)14-9-5-2-6-10-14/h1-11H,12H2,(H,23,28). The second-order valence-electron chi connectivity index (χ2n) is 6.39. The average Bonchev–Trinajstić information content (AvgIpc) is 3.49. The van der Waals surface area contributed by atoms with Crippen molar-refractivity contribution in [1.82, 2.24) is 19.8 Å². The van der Waals surface area contributed by atoms with Crippen molar-refractivity contribution in [2.45, 2.75) is 0 Å². The molecule has 0 aliphatic rings. The van der Waals surface area contributed by atoms with E-state index in [2.05, 4.69) is 15.5 Å². The second-order valence-corrected chi connectivity index (χ2v) is 8.67. The van der Waals surface area contributed by atoms with Gasteiger partial charge in [0.15, 0.2) is 5.82 Å². The fraction of sp³-hybridized carbons (Fsp3) is 0.0476. The summed E-state index contributed by atoms with van der Waals surface area (Å²) in [5.41, 5.74) is 3.00. The highest BCUT2D eigenvalue weighted by Crippen LogP contribution is 2.41. The van der Waals surface area contributed by atoms with Gasteiger partial charge in [0.1, 0.15) is 10.9 Å². The number of alkyl halides is 1. The number of benzene rings is 2. The van der Waals surface area contributed by atoms with Crippen molar-refractivity contribution in [2.75, 3.05) is 11.2 Å². The van der Waals surface area contributed by atoms with Crippen LogP contribution in [-0.4, -0.2) is 31.6 Å². The molecule has 5 aromatic rings. The van der Waals surface area contributed by atoms with Gasteiger partial charge in [0, 0.05) is 11.1 Å². The molecule has 3 heterocycles. The van der Waals surface area contributed by atoms with Gasteiger partial charge in [-0.1, -0.05) is 72.0 Å². The molecule has 9 heteroatoms. The van der Waals surface area contributed by atoms with E-state index in [9.17, 15) is 4.79 Å². The van der Waals surface area contributed by atoms with Crippen LogP contribution in [0, 0.1) is 0 Å². The van der Waals surface area contributed by atoms with Crippen LogP contribution in [0.1, 0.15) is 0 Å². The van der Waals surface area contributed by atoms with Gasteiger partial charge in [-0.25, -0.2) is 0 Å². The van der Waals surface area contributed by atoms with Crippen molar-refractivity contribution in [3.05, 3.63) is 66.7 Å². The Hall–Kier alpha value is -3.07. The molecule has 0 aliphatic heterocycles. The number of anilines is 1. The van der Waals surface area contributed by atoms with Gasteiger partial charge in [-0.2, -0.15) is 9.61 Å². The summed E-state index contributed by atoms with van der Waals surface area (Å²) in [5, 5.41) is 17.9. The van der Waals surface area contributed by atoms with E-state index in [0.717, 1.165) is 26.6 Å². The number of nitrogens with one attached hydrogen (secondary N) is 1. The first-order valence-corrected chi connectivity index (χ1v) is 11.2. The summed E-state index contributed by atoms with van der Waals surface area (Å²) in [6.45, 7) is 0. The van der Waals surface area contributed by atoms with Crippen LogP contribution in [0.3, 0.4) is 0 Å². The number of amides is 1.